The quantitative estimate of drug-likeness (QED) is 0.0140. The van der Waals surface area contributed by atoms with Gasteiger partial charge in [0.1, 0.15) is 18.2 Å². The molecule has 56 heavy (non-hydrogen) atoms. The highest BCUT2D eigenvalue weighted by Gasteiger charge is 2.36. The zero-order valence-corrected chi connectivity index (χ0v) is 29.9. The highest BCUT2D eigenvalue weighted by atomic mass is 16.4. The van der Waals surface area contributed by atoms with E-state index in [0.717, 1.165) is 25.5 Å². The number of amides is 2. The molecule has 1 aromatic carbocycles. The molecule has 12 N–H and O–H groups in total. The van der Waals surface area contributed by atoms with E-state index in [0.29, 0.717) is 36.5 Å². The van der Waals surface area contributed by atoms with Gasteiger partial charge in [0.2, 0.25) is 11.7 Å². The third-order valence-electron chi connectivity index (χ3n) is 8.01. The Labute approximate surface area is 317 Å². The number of benzene rings is 1. The van der Waals surface area contributed by atoms with E-state index in [1.165, 1.54) is 36.7 Å². The predicted molar refractivity (Wildman–Crippen MR) is 200 cm³/mol. The van der Waals surface area contributed by atoms with Crippen molar-refractivity contribution in [2.24, 2.45) is 17.5 Å². The summed E-state index contributed by atoms with van der Waals surface area (Å²) in [7, 11) is 0. The molecule has 0 fully saturated rings. The molecule has 4 aromatic rings. The normalized spacial score (nSPS) is 11.6. The Morgan fingerprint density at radius 3 is 2.23 bits per heavy atom. The van der Waals surface area contributed by atoms with Crippen LogP contribution in [0, 0.1) is 5.92 Å². The summed E-state index contributed by atoms with van der Waals surface area (Å²) in [6, 6.07) is 7.23. The number of unbranched alkanes of at least 4 members (excludes halogenated alkanes) is 5. The second-order valence-corrected chi connectivity index (χ2v) is 12.1. The molecule has 0 aliphatic carbocycles. The number of carboxylic acids is 2. The van der Waals surface area contributed by atoms with Crippen LogP contribution in [0.2, 0.25) is 0 Å². The van der Waals surface area contributed by atoms with E-state index >= 15 is 0 Å². The van der Waals surface area contributed by atoms with Gasteiger partial charge in [0.05, 0.1) is 24.0 Å². The second kappa shape index (κ2) is 21.5. The number of carbonyl (C=O) groups excluding carboxylic acids is 5. The molecule has 0 bridgehead atoms. The lowest BCUT2D eigenvalue weighted by atomic mass is 9.91. The average Bonchev–Trinajstić information content (AvgIpc) is 3.18. The van der Waals surface area contributed by atoms with Crippen LogP contribution in [-0.2, 0) is 30.5 Å². The summed E-state index contributed by atoms with van der Waals surface area (Å²) >= 11 is 0. The number of pyridine rings is 1. The summed E-state index contributed by atoms with van der Waals surface area (Å²) in [4.78, 5) is 113. The SMILES string of the molecule is NNc1ncccc1C(N)=O.Nc1nc2ncc(CNc3ccc(C(=O)N[C@@H](CC(C(=O)O)C(=O)C(=O)CCCCCCCC=O)C(=O)O)cc3)nc2c(=O)[nH]1. The van der Waals surface area contributed by atoms with Crippen molar-refractivity contribution in [2.75, 3.05) is 16.5 Å². The molecule has 0 radical (unpaired) electrons. The van der Waals surface area contributed by atoms with Crippen molar-refractivity contribution in [1.82, 2.24) is 30.2 Å². The number of hydrogen-bond donors (Lipinski definition) is 9. The van der Waals surface area contributed by atoms with Crippen LogP contribution >= 0.6 is 0 Å². The third kappa shape index (κ3) is 13.1. The molecular formula is C35H41N11O10. The number of hydrazine groups is 1. The fourth-order valence-electron chi connectivity index (χ4n) is 5.09. The first kappa shape index (κ1) is 43.2. The summed E-state index contributed by atoms with van der Waals surface area (Å²) in [5.41, 5.74) is 13.6. The van der Waals surface area contributed by atoms with E-state index in [4.69, 9.17) is 17.3 Å². The fourth-order valence-corrected chi connectivity index (χ4v) is 5.09. The zero-order chi connectivity index (χ0) is 41.2. The van der Waals surface area contributed by atoms with Gasteiger partial charge in [-0.3, -0.25) is 33.8 Å². The van der Waals surface area contributed by atoms with Crippen molar-refractivity contribution in [3.63, 3.8) is 0 Å². The van der Waals surface area contributed by atoms with Crippen LogP contribution in [-0.4, -0.2) is 82.8 Å². The summed E-state index contributed by atoms with van der Waals surface area (Å²) in [5, 5.41) is 24.4. The largest absolute Gasteiger partial charge is 0.481 e. The summed E-state index contributed by atoms with van der Waals surface area (Å²) in [6.07, 6.45) is 6.43. The lowest BCUT2D eigenvalue weighted by molar-refractivity contribution is -0.151. The molecule has 3 heterocycles. The smallest absolute Gasteiger partial charge is 0.326 e. The second-order valence-electron chi connectivity index (χ2n) is 12.1. The van der Waals surface area contributed by atoms with Crippen LogP contribution in [0.3, 0.4) is 0 Å². The van der Waals surface area contributed by atoms with Crippen LogP contribution in [0.25, 0.3) is 11.2 Å². The maximum atomic E-state index is 12.8. The van der Waals surface area contributed by atoms with Crippen LogP contribution in [0.15, 0.2) is 53.6 Å². The van der Waals surface area contributed by atoms with E-state index in [1.54, 1.807) is 12.1 Å². The number of aromatic nitrogens is 5. The van der Waals surface area contributed by atoms with E-state index in [1.807, 2.05) is 0 Å². The third-order valence-corrected chi connectivity index (χ3v) is 8.01. The van der Waals surface area contributed by atoms with E-state index in [-0.39, 0.29) is 41.2 Å². The van der Waals surface area contributed by atoms with Gasteiger partial charge < -0.3 is 42.5 Å². The van der Waals surface area contributed by atoms with Gasteiger partial charge in [0, 0.05) is 30.3 Å². The Kier molecular flexibility index (Phi) is 16.6. The number of aliphatic carboxylic acids is 2. The summed E-state index contributed by atoms with van der Waals surface area (Å²) < 4.78 is 0. The number of nitrogens with two attached hydrogens (primary N) is 3. The van der Waals surface area contributed by atoms with E-state index in [9.17, 15) is 48.6 Å². The molecule has 0 aliphatic heterocycles. The Balaban J connectivity index is 0.000000655. The summed E-state index contributed by atoms with van der Waals surface area (Å²) in [5.74, 6) is -3.44. The molecule has 3 aromatic heterocycles. The molecule has 2 amide bonds. The number of fused-ring (bicyclic) bond motifs is 1. The lowest BCUT2D eigenvalue weighted by Gasteiger charge is -2.18. The Hall–Kier alpha value is -7.16. The van der Waals surface area contributed by atoms with E-state index < -0.39 is 59.3 Å². The molecule has 1 unspecified atom stereocenters. The van der Waals surface area contributed by atoms with Gasteiger partial charge >= 0.3 is 11.9 Å². The molecule has 21 heteroatoms. The molecule has 21 nitrogen and oxygen atoms in total. The number of aromatic amines is 1. The highest BCUT2D eigenvalue weighted by Crippen LogP contribution is 2.16. The number of carbonyl (C=O) groups is 7. The van der Waals surface area contributed by atoms with Gasteiger partial charge in [-0.05, 0) is 55.7 Å². The monoisotopic (exact) mass is 775 g/mol. The number of anilines is 3. The first-order chi connectivity index (χ1) is 26.7. The van der Waals surface area contributed by atoms with Crippen molar-refractivity contribution < 1.29 is 43.8 Å². The van der Waals surface area contributed by atoms with Crippen molar-refractivity contribution in [3.05, 3.63) is 76.0 Å². The minimum Gasteiger partial charge on any atom is -0.481 e. The molecular weight excluding hydrogens is 734 g/mol. The average molecular weight is 776 g/mol. The molecule has 0 saturated heterocycles. The molecule has 0 saturated carbocycles. The Morgan fingerprint density at radius 2 is 1.61 bits per heavy atom. The first-order valence-electron chi connectivity index (χ1n) is 17.1. The summed E-state index contributed by atoms with van der Waals surface area (Å²) in [6.45, 7) is 0.157. The van der Waals surface area contributed by atoms with Gasteiger partial charge in [-0.15, -0.1) is 0 Å². The number of nitrogen functional groups attached to an aromatic ring is 2. The van der Waals surface area contributed by atoms with E-state index in [2.05, 4.69) is 41.0 Å². The number of carboxylic acid groups (broad SMARTS) is 2. The first-order valence-corrected chi connectivity index (χ1v) is 17.1. The topological polar surface area (TPSA) is 359 Å². The van der Waals surface area contributed by atoms with Gasteiger partial charge in [-0.25, -0.2) is 25.6 Å². The number of hydrogen-bond acceptors (Lipinski definition) is 16. The zero-order valence-electron chi connectivity index (χ0n) is 29.9. The minimum atomic E-state index is -1.94. The van der Waals surface area contributed by atoms with Crippen molar-refractivity contribution in [1.29, 1.82) is 0 Å². The number of rotatable bonds is 21. The lowest BCUT2D eigenvalue weighted by Crippen LogP contribution is -2.45. The highest BCUT2D eigenvalue weighted by molar-refractivity contribution is 6.41. The number of Topliss-reactive ketones (excluding diaryl/α,β-unsaturated/α-hetero) is 2. The van der Waals surface area contributed by atoms with Crippen molar-refractivity contribution >= 4 is 70.2 Å². The van der Waals surface area contributed by atoms with Gasteiger partial charge in [-0.1, -0.05) is 19.3 Å². The van der Waals surface area contributed by atoms with Crippen LogP contribution in [0.5, 0.6) is 0 Å². The van der Waals surface area contributed by atoms with Crippen LogP contribution in [0.4, 0.5) is 17.5 Å². The number of nitrogens with one attached hydrogen (secondary N) is 4. The maximum absolute atomic E-state index is 12.8. The van der Waals surface area contributed by atoms with Crippen molar-refractivity contribution in [3.8, 4) is 0 Å². The number of ketones is 2. The van der Waals surface area contributed by atoms with Crippen LogP contribution < -0.4 is 38.9 Å². The number of primary amides is 1. The van der Waals surface area contributed by atoms with Gasteiger partial charge in [0.15, 0.2) is 22.8 Å². The number of nitrogens with zero attached hydrogens (tertiary/aromatic N) is 4. The van der Waals surface area contributed by atoms with Gasteiger partial charge in [0.25, 0.3) is 17.4 Å². The Morgan fingerprint density at radius 1 is 0.911 bits per heavy atom. The predicted octanol–water partition coefficient (Wildman–Crippen LogP) is 0.715. The number of H-pyrrole nitrogens is 1. The van der Waals surface area contributed by atoms with Crippen LogP contribution in [0.1, 0.15) is 77.8 Å². The molecule has 0 spiro atoms. The fraction of sp³-hybridized carbons (Fsp3) is 0.314. The Bertz CT molecular complexity index is 2110. The molecule has 2 atom stereocenters. The molecule has 4 rings (SSSR count). The molecule has 296 valence electrons. The van der Waals surface area contributed by atoms with Gasteiger partial charge in [-0.2, -0.15) is 4.98 Å². The molecule has 0 aliphatic rings. The maximum Gasteiger partial charge on any atom is 0.326 e. The minimum absolute atomic E-state index is 0.0123. The standard InChI is InChI=1S/C29H33N7O9.C6H8N4O/c30-29-35-24-22(26(41)36-29)33-18(15-32-24)14-31-17-10-8-16(9-11-17)25(40)34-20(28(44)45)13-19(27(42)43)23(39)21(38)7-5-3-1-2-4-6-12-37;7-5(11)4-2-1-3-9-6(4)10-8/h8-12,15,19-20,31H,1-7,13-14H2,(H,34,40)(H,42,43)(H,44,45)(H3,30,32,35,36,41);1-3H,8H2,(H2,7,11)(H,9,10)/t19?,20-;/m0./s1. The van der Waals surface area contributed by atoms with Crippen molar-refractivity contribution in [2.45, 2.75) is 64.0 Å². The number of aldehydes is 1.